The maximum Gasteiger partial charge on any atom is 0.335 e. The van der Waals surface area contributed by atoms with Crippen molar-refractivity contribution in [1.82, 2.24) is 15.1 Å². The van der Waals surface area contributed by atoms with Gasteiger partial charge < -0.3 is 10.4 Å². The van der Waals surface area contributed by atoms with Crippen molar-refractivity contribution >= 4 is 11.9 Å². The van der Waals surface area contributed by atoms with Crippen LogP contribution >= 0.6 is 0 Å². The van der Waals surface area contributed by atoms with Crippen molar-refractivity contribution in [2.75, 3.05) is 6.54 Å². The first-order valence-corrected chi connectivity index (χ1v) is 6.17. The molecule has 2 aromatic rings. The number of amides is 1. The van der Waals surface area contributed by atoms with Crippen molar-refractivity contribution in [1.29, 1.82) is 0 Å². The lowest BCUT2D eigenvalue weighted by atomic mass is 10.0. The lowest BCUT2D eigenvalue weighted by molar-refractivity contribution is 0.0695. The van der Waals surface area contributed by atoms with Gasteiger partial charge in [0, 0.05) is 19.8 Å². The van der Waals surface area contributed by atoms with E-state index in [9.17, 15) is 9.59 Å². The highest BCUT2D eigenvalue weighted by Gasteiger charge is 2.10. The molecule has 2 rings (SSSR count). The zero-order valence-corrected chi connectivity index (χ0v) is 11.0. The van der Waals surface area contributed by atoms with E-state index in [4.69, 9.17) is 5.11 Å². The molecular weight excluding hydrogens is 258 g/mol. The van der Waals surface area contributed by atoms with E-state index >= 15 is 0 Å². The highest BCUT2D eigenvalue weighted by Crippen LogP contribution is 2.09. The molecule has 0 bridgehead atoms. The maximum atomic E-state index is 11.8. The van der Waals surface area contributed by atoms with Gasteiger partial charge in [-0.05, 0) is 24.1 Å². The summed E-state index contributed by atoms with van der Waals surface area (Å²) in [5.74, 6) is -1.23. The Hall–Kier alpha value is -2.63. The van der Waals surface area contributed by atoms with Crippen LogP contribution in [0.5, 0.6) is 0 Å². The number of benzene rings is 1. The summed E-state index contributed by atoms with van der Waals surface area (Å²) in [6, 6.07) is 8.39. The molecule has 6 heteroatoms. The van der Waals surface area contributed by atoms with Gasteiger partial charge in [-0.3, -0.25) is 9.48 Å². The predicted octanol–water partition coefficient (Wildman–Crippen LogP) is 1.09. The zero-order valence-electron chi connectivity index (χ0n) is 11.0. The smallest absolute Gasteiger partial charge is 0.335 e. The Morgan fingerprint density at radius 1 is 1.30 bits per heavy atom. The van der Waals surface area contributed by atoms with Gasteiger partial charge in [-0.2, -0.15) is 5.10 Å². The molecule has 0 fully saturated rings. The van der Waals surface area contributed by atoms with E-state index in [1.165, 1.54) is 0 Å². The number of carbonyl (C=O) groups excluding carboxylic acids is 1. The Labute approximate surface area is 116 Å². The molecule has 0 saturated heterocycles. The Bertz CT molecular complexity index is 634. The molecule has 20 heavy (non-hydrogen) atoms. The van der Waals surface area contributed by atoms with E-state index in [1.54, 1.807) is 48.3 Å². The summed E-state index contributed by atoms with van der Waals surface area (Å²) in [6.45, 7) is 0.361. The van der Waals surface area contributed by atoms with Gasteiger partial charge in [-0.15, -0.1) is 0 Å². The van der Waals surface area contributed by atoms with E-state index in [0.29, 0.717) is 24.2 Å². The zero-order chi connectivity index (χ0) is 14.5. The van der Waals surface area contributed by atoms with Crippen LogP contribution in [0.2, 0.25) is 0 Å². The Kier molecular flexibility index (Phi) is 4.14. The lowest BCUT2D eigenvalue weighted by Crippen LogP contribution is -2.26. The summed E-state index contributed by atoms with van der Waals surface area (Å²) in [7, 11) is 1.74. The fourth-order valence-electron chi connectivity index (χ4n) is 1.88. The number of aryl methyl sites for hydroxylation is 1. The molecule has 6 nitrogen and oxygen atoms in total. The fraction of sp³-hybridized carbons (Fsp3) is 0.214. The van der Waals surface area contributed by atoms with Crippen LogP contribution in [0, 0.1) is 0 Å². The van der Waals surface area contributed by atoms with Gasteiger partial charge in [0.1, 0.15) is 5.69 Å². The molecule has 0 aliphatic carbocycles. The van der Waals surface area contributed by atoms with Crippen LogP contribution in [-0.4, -0.2) is 33.3 Å². The minimum Gasteiger partial charge on any atom is -0.478 e. The molecule has 1 heterocycles. The second kappa shape index (κ2) is 6.01. The number of carboxylic acid groups (broad SMARTS) is 1. The molecule has 0 radical (unpaired) electrons. The minimum atomic E-state index is -0.961. The number of carbonyl (C=O) groups is 2. The van der Waals surface area contributed by atoms with E-state index in [2.05, 4.69) is 10.4 Å². The van der Waals surface area contributed by atoms with Crippen LogP contribution in [0.4, 0.5) is 0 Å². The van der Waals surface area contributed by atoms with Crippen molar-refractivity contribution < 1.29 is 14.7 Å². The third kappa shape index (κ3) is 3.23. The standard InChI is InChI=1S/C14H15N3O3/c1-17-9-7-12(16-17)13(18)15-8-6-10-4-2-3-5-11(10)14(19)20/h2-5,7,9H,6,8H2,1H3,(H,15,18)(H,19,20). The molecular formula is C14H15N3O3. The first kappa shape index (κ1) is 13.8. The molecule has 2 N–H and O–H groups in total. The minimum absolute atomic E-state index is 0.264. The summed E-state index contributed by atoms with van der Waals surface area (Å²) in [6.07, 6.45) is 2.15. The van der Waals surface area contributed by atoms with E-state index in [1.807, 2.05) is 0 Å². The normalized spacial score (nSPS) is 10.2. The predicted molar refractivity (Wildman–Crippen MR) is 72.6 cm³/mol. The maximum absolute atomic E-state index is 11.8. The summed E-state index contributed by atoms with van der Waals surface area (Å²) >= 11 is 0. The number of aromatic carboxylic acids is 1. The van der Waals surface area contributed by atoms with Crippen LogP contribution in [0.1, 0.15) is 26.4 Å². The molecule has 104 valence electrons. The SMILES string of the molecule is Cn1ccc(C(=O)NCCc2ccccc2C(=O)O)n1. The molecule has 0 saturated carbocycles. The molecule has 1 aromatic carbocycles. The second-order valence-electron chi connectivity index (χ2n) is 4.34. The van der Waals surface area contributed by atoms with Crippen molar-refractivity contribution in [3.8, 4) is 0 Å². The number of nitrogens with zero attached hydrogens (tertiary/aromatic N) is 2. The third-order valence-electron chi connectivity index (χ3n) is 2.87. The van der Waals surface area contributed by atoms with Gasteiger partial charge in [0.05, 0.1) is 5.56 Å². The number of carboxylic acids is 1. The third-order valence-corrected chi connectivity index (χ3v) is 2.87. The Morgan fingerprint density at radius 3 is 2.70 bits per heavy atom. The molecule has 0 atom stereocenters. The van der Waals surface area contributed by atoms with E-state index in [0.717, 1.165) is 0 Å². The summed E-state index contributed by atoms with van der Waals surface area (Å²) in [5.41, 5.74) is 1.31. The monoisotopic (exact) mass is 273 g/mol. The Morgan fingerprint density at radius 2 is 2.05 bits per heavy atom. The summed E-state index contributed by atoms with van der Waals surface area (Å²) in [4.78, 5) is 22.8. The van der Waals surface area contributed by atoms with Crippen molar-refractivity contribution in [3.63, 3.8) is 0 Å². The van der Waals surface area contributed by atoms with Crippen LogP contribution < -0.4 is 5.32 Å². The average molecular weight is 273 g/mol. The van der Waals surface area contributed by atoms with E-state index in [-0.39, 0.29) is 11.5 Å². The van der Waals surface area contributed by atoms with Gasteiger partial charge in [0.2, 0.25) is 0 Å². The fourth-order valence-corrected chi connectivity index (χ4v) is 1.88. The van der Waals surface area contributed by atoms with Gasteiger partial charge >= 0.3 is 5.97 Å². The van der Waals surface area contributed by atoms with Crippen LogP contribution in [0.25, 0.3) is 0 Å². The average Bonchev–Trinajstić information content (AvgIpc) is 2.86. The van der Waals surface area contributed by atoms with Gasteiger partial charge in [0.25, 0.3) is 5.91 Å². The highest BCUT2D eigenvalue weighted by molar-refractivity contribution is 5.92. The van der Waals surface area contributed by atoms with Gasteiger partial charge in [-0.1, -0.05) is 18.2 Å². The molecule has 0 spiro atoms. The number of hydrogen-bond donors (Lipinski definition) is 2. The summed E-state index contributed by atoms with van der Waals surface area (Å²) < 4.78 is 1.55. The molecule has 0 unspecified atom stereocenters. The number of aromatic nitrogens is 2. The van der Waals surface area contributed by atoms with Crippen molar-refractivity contribution in [2.45, 2.75) is 6.42 Å². The molecule has 1 aromatic heterocycles. The Balaban J connectivity index is 1.93. The quantitative estimate of drug-likeness (QED) is 0.854. The first-order chi connectivity index (χ1) is 9.58. The number of rotatable bonds is 5. The van der Waals surface area contributed by atoms with Gasteiger partial charge in [0.15, 0.2) is 0 Å². The topological polar surface area (TPSA) is 84.2 Å². The van der Waals surface area contributed by atoms with Crippen LogP contribution in [0.3, 0.4) is 0 Å². The largest absolute Gasteiger partial charge is 0.478 e. The second-order valence-corrected chi connectivity index (χ2v) is 4.34. The molecule has 0 aliphatic heterocycles. The number of nitrogens with one attached hydrogen (secondary N) is 1. The van der Waals surface area contributed by atoms with Crippen molar-refractivity contribution in [2.24, 2.45) is 7.05 Å². The van der Waals surface area contributed by atoms with Crippen LogP contribution in [0.15, 0.2) is 36.5 Å². The molecule has 0 aliphatic rings. The number of hydrogen-bond acceptors (Lipinski definition) is 3. The summed E-state index contributed by atoms with van der Waals surface area (Å²) in [5, 5.41) is 15.8. The first-order valence-electron chi connectivity index (χ1n) is 6.17. The van der Waals surface area contributed by atoms with Crippen LogP contribution in [-0.2, 0) is 13.5 Å². The van der Waals surface area contributed by atoms with Crippen molar-refractivity contribution in [3.05, 3.63) is 53.3 Å². The highest BCUT2D eigenvalue weighted by atomic mass is 16.4. The lowest BCUT2D eigenvalue weighted by Gasteiger charge is -2.06. The van der Waals surface area contributed by atoms with E-state index < -0.39 is 5.97 Å². The van der Waals surface area contributed by atoms with Gasteiger partial charge in [-0.25, -0.2) is 4.79 Å². The molecule has 1 amide bonds.